The molecule has 0 spiro atoms. The fraction of sp³-hybridized carbons (Fsp3) is 0.105. The largest absolute Gasteiger partial charge is 0.351 e. The molecule has 0 fully saturated rings. The predicted molar refractivity (Wildman–Crippen MR) is 104 cm³/mol. The van der Waals surface area contributed by atoms with Crippen molar-refractivity contribution in [2.45, 2.75) is 11.7 Å². The third-order valence-corrected chi connectivity index (χ3v) is 4.66. The second-order valence-electron chi connectivity index (χ2n) is 5.49. The second-order valence-corrected chi connectivity index (χ2v) is 6.89. The highest BCUT2D eigenvalue weighted by Gasteiger charge is 2.07. The molecule has 0 atom stereocenters. The number of rotatable bonds is 6. The average molecular weight is 386 g/mol. The molecule has 3 rings (SSSR count). The van der Waals surface area contributed by atoms with E-state index in [1.807, 2.05) is 42.5 Å². The summed E-state index contributed by atoms with van der Waals surface area (Å²) in [6.45, 7) is 0.421. The molecule has 0 aliphatic carbocycles. The Labute approximate surface area is 159 Å². The van der Waals surface area contributed by atoms with Gasteiger partial charge in [-0.25, -0.2) is 4.98 Å². The molecule has 7 heteroatoms. The molecule has 0 aliphatic rings. The Morgan fingerprint density at radius 2 is 1.85 bits per heavy atom. The van der Waals surface area contributed by atoms with Crippen LogP contribution in [0.1, 0.15) is 5.56 Å². The number of amides is 1. The maximum atomic E-state index is 12.0. The summed E-state index contributed by atoms with van der Waals surface area (Å²) < 4.78 is 0. The Balaban J connectivity index is 1.59. The summed E-state index contributed by atoms with van der Waals surface area (Å²) in [5.41, 5.74) is 2.15. The maximum Gasteiger partial charge on any atom is 0.252 e. The molecule has 1 aromatic heterocycles. The zero-order chi connectivity index (χ0) is 18.4. The molecule has 3 aromatic rings. The monoisotopic (exact) mass is 385 g/mol. The van der Waals surface area contributed by atoms with E-state index in [0.717, 1.165) is 11.1 Å². The molecule has 5 nitrogen and oxygen atoms in total. The summed E-state index contributed by atoms with van der Waals surface area (Å²) >= 11 is 7.02. The zero-order valence-electron chi connectivity index (χ0n) is 13.7. The first-order chi connectivity index (χ1) is 12.6. The highest BCUT2D eigenvalue weighted by atomic mass is 35.5. The van der Waals surface area contributed by atoms with E-state index in [2.05, 4.69) is 15.3 Å². The topological polar surface area (TPSA) is 74.8 Å². The molecule has 1 heterocycles. The minimum Gasteiger partial charge on any atom is -0.351 e. The van der Waals surface area contributed by atoms with Gasteiger partial charge in [-0.15, -0.1) is 0 Å². The van der Waals surface area contributed by atoms with Crippen molar-refractivity contribution in [3.63, 3.8) is 0 Å². The molecule has 132 valence electrons. The number of halogens is 1. The van der Waals surface area contributed by atoms with Crippen molar-refractivity contribution in [3.8, 4) is 11.3 Å². The van der Waals surface area contributed by atoms with Crippen LogP contribution < -0.4 is 10.9 Å². The maximum absolute atomic E-state index is 12.0. The molecule has 0 bridgehead atoms. The van der Waals surface area contributed by atoms with Crippen LogP contribution in [0.5, 0.6) is 0 Å². The highest BCUT2D eigenvalue weighted by Crippen LogP contribution is 2.18. The third-order valence-electron chi connectivity index (χ3n) is 3.53. The number of aromatic nitrogens is 2. The Kier molecular flexibility index (Phi) is 6.09. The van der Waals surface area contributed by atoms with Crippen molar-refractivity contribution in [1.82, 2.24) is 15.3 Å². The van der Waals surface area contributed by atoms with Gasteiger partial charge in [-0.3, -0.25) is 9.59 Å². The molecular weight excluding hydrogens is 370 g/mol. The summed E-state index contributed by atoms with van der Waals surface area (Å²) in [7, 11) is 0. The van der Waals surface area contributed by atoms with E-state index in [4.69, 9.17) is 11.6 Å². The number of hydrogen-bond donors (Lipinski definition) is 2. The molecule has 0 radical (unpaired) electrons. The van der Waals surface area contributed by atoms with Crippen LogP contribution in [0.15, 0.2) is 70.6 Å². The summed E-state index contributed by atoms with van der Waals surface area (Å²) in [6, 6.07) is 18.2. The lowest BCUT2D eigenvalue weighted by Crippen LogP contribution is -2.24. The van der Waals surface area contributed by atoms with E-state index < -0.39 is 0 Å². The first-order valence-electron chi connectivity index (χ1n) is 7.91. The molecule has 26 heavy (non-hydrogen) atoms. The molecule has 2 aromatic carbocycles. The van der Waals surface area contributed by atoms with Gasteiger partial charge >= 0.3 is 0 Å². The number of hydrogen-bond acceptors (Lipinski definition) is 4. The van der Waals surface area contributed by atoms with E-state index in [1.54, 1.807) is 12.1 Å². The van der Waals surface area contributed by atoms with Crippen LogP contribution in [-0.4, -0.2) is 21.6 Å². The van der Waals surface area contributed by atoms with Gasteiger partial charge in [-0.1, -0.05) is 65.8 Å². The standard InChI is InChI=1S/C19H16ClN3O2S/c20-15-8-6-13(7-9-15)11-21-18(25)12-26-19-22-16(10-17(24)23-19)14-4-2-1-3-5-14/h1-10H,11-12H2,(H,21,25)(H,22,23,24). The van der Waals surface area contributed by atoms with Gasteiger partial charge in [0.15, 0.2) is 5.16 Å². The van der Waals surface area contributed by atoms with Crippen LogP contribution in [-0.2, 0) is 11.3 Å². The molecule has 0 unspecified atom stereocenters. The Hall–Kier alpha value is -2.57. The van der Waals surface area contributed by atoms with Crippen molar-refractivity contribution in [2.75, 3.05) is 5.75 Å². The number of carbonyl (C=O) groups is 1. The number of benzene rings is 2. The number of H-pyrrole nitrogens is 1. The summed E-state index contributed by atoms with van der Waals surface area (Å²) in [4.78, 5) is 30.9. The minimum absolute atomic E-state index is 0.141. The lowest BCUT2D eigenvalue weighted by atomic mass is 10.1. The minimum atomic E-state index is -0.247. The van der Waals surface area contributed by atoms with Crippen LogP contribution in [0.2, 0.25) is 5.02 Å². The summed E-state index contributed by atoms with van der Waals surface area (Å²) in [5.74, 6) is 0.0205. The van der Waals surface area contributed by atoms with Crippen LogP contribution >= 0.6 is 23.4 Å². The first-order valence-corrected chi connectivity index (χ1v) is 9.27. The Morgan fingerprint density at radius 3 is 2.58 bits per heavy atom. The zero-order valence-corrected chi connectivity index (χ0v) is 15.3. The van der Waals surface area contributed by atoms with E-state index in [9.17, 15) is 9.59 Å². The van der Waals surface area contributed by atoms with E-state index in [-0.39, 0.29) is 17.2 Å². The van der Waals surface area contributed by atoms with Gasteiger partial charge in [0.25, 0.3) is 5.56 Å². The van der Waals surface area contributed by atoms with E-state index >= 15 is 0 Å². The van der Waals surface area contributed by atoms with Gasteiger partial charge in [0.2, 0.25) is 5.91 Å². The number of aromatic amines is 1. The van der Waals surface area contributed by atoms with Crippen molar-refractivity contribution in [1.29, 1.82) is 0 Å². The van der Waals surface area contributed by atoms with E-state index in [1.165, 1.54) is 17.8 Å². The number of thioether (sulfide) groups is 1. The van der Waals surface area contributed by atoms with Gasteiger partial charge in [0.1, 0.15) is 0 Å². The fourth-order valence-electron chi connectivity index (χ4n) is 2.25. The predicted octanol–water partition coefficient (Wildman–Crippen LogP) is 3.50. The third kappa shape index (κ3) is 5.21. The number of nitrogens with one attached hydrogen (secondary N) is 2. The quantitative estimate of drug-likeness (QED) is 0.503. The smallest absolute Gasteiger partial charge is 0.252 e. The molecule has 0 aliphatic heterocycles. The van der Waals surface area contributed by atoms with Crippen molar-refractivity contribution >= 4 is 29.3 Å². The number of carbonyl (C=O) groups excluding carboxylic acids is 1. The SMILES string of the molecule is O=C(CSc1nc(-c2ccccc2)cc(=O)[nH]1)NCc1ccc(Cl)cc1. The van der Waals surface area contributed by atoms with Gasteiger partial charge < -0.3 is 10.3 Å². The fourth-order valence-corrected chi connectivity index (χ4v) is 3.08. The lowest BCUT2D eigenvalue weighted by Gasteiger charge is -2.06. The Morgan fingerprint density at radius 1 is 1.12 bits per heavy atom. The van der Waals surface area contributed by atoms with Gasteiger partial charge in [0, 0.05) is 23.2 Å². The number of nitrogens with zero attached hydrogens (tertiary/aromatic N) is 1. The summed E-state index contributed by atoms with van der Waals surface area (Å²) in [6.07, 6.45) is 0. The van der Waals surface area contributed by atoms with Crippen LogP contribution in [0.25, 0.3) is 11.3 Å². The van der Waals surface area contributed by atoms with Crippen molar-refractivity contribution in [2.24, 2.45) is 0 Å². The normalized spacial score (nSPS) is 10.5. The molecule has 0 saturated heterocycles. The van der Waals surface area contributed by atoms with Crippen LogP contribution in [0.3, 0.4) is 0 Å². The summed E-state index contributed by atoms with van der Waals surface area (Å²) in [5, 5.41) is 3.90. The lowest BCUT2D eigenvalue weighted by molar-refractivity contribution is -0.118. The molecule has 0 saturated carbocycles. The van der Waals surface area contributed by atoms with Crippen LogP contribution in [0.4, 0.5) is 0 Å². The Bertz CT molecular complexity index is 943. The molecule has 1 amide bonds. The van der Waals surface area contributed by atoms with Gasteiger partial charge in [0.05, 0.1) is 11.4 Å². The molecular formula is C19H16ClN3O2S. The first kappa shape index (κ1) is 18.2. The van der Waals surface area contributed by atoms with Gasteiger partial charge in [-0.2, -0.15) is 0 Å². The second kappa shape index (κ2) is 8.69. The van der Waals surface area contributed by atoms with Crippen LogP contribution in [0, 0.1) is 0 Å². The van der Waals surface area contributed by atoms with Gasteiger partial charge in [-0.05, 0) is 17.7 Å². The van der Waals surface area contributed by atoms with Crippen molar-refractivity contribution in [3.05, 3.63) is 81.6 Å². The average Bonchev–Trinajstić information content (AvgIpc) is 2.66. The van der Waals surface area contributed by atoms with E-state index in [0.29, 0.717) is 22.4 Å². The van der Waals surface area contributed by atoms with Crippen molar-refractivity contribution < 1.29 is 4.79 Å². The molecule has 2 N–H and O–H groups in total. The highest BCUT2D eigenvalue weighted by molar-refractivity contribution is 7.99.